The summed E-state index contributed by atoms with van der Waals surface area (Å²) in [5.74, 6) is 1.99. The molecule has 2 heteroatoms. The number of nitrogens with one attached hydrogen (secondary N) is 1. The van der Waals surface area contributed by atoms with Gasteiger partial charge in [0.05, 0.1) is 0 Å². The second-order valence-electron chi connectivity index (χ2n) is 4.19. The second kappa shape index (κ2) is 7.69. The molecule has 0 aliphatic carbocycles. The Kier molecular flexibility index (Phi) is 7.87. The van der Waals surface area contributed by atoms with Crippen molar-refractivity contribution in [1.29, 1.82) is 0 Å². The lowest BCUT2D eigenvalue weighted by atomic mass is 10.1. The van der Waals surface area contributed by atoms with Crippen molar-refractivity contribution < 1.29 is 0 Å². The fourth-order valence-electron chi connectivity index (χ4n) is 1.11. The highest BCUT2D eigenvalue weighted by Crippen LogP contribution is 2.14. The highest BCUT2D eigenvalue weighted by Gasteiger charge is 2.12. The van der Waals surface area contributed by atoms with E-state index in [1.54, 1.807) is 0 Å². The molecule has 13 heavy (non-hydrogen) atoms. The number of hydrogen-bond acceptors (Lipinski definition) is 2. The molecule has 0 amide bonds. The van der Waals surface area contributed by atoms with Crippen LogP contribution in [0.4, 0.5) is 0 Å². The fraction of sp³-hybridized carbons (Fsp3) is 1.00. The van der Waals surface area contributed by atoms with Crippen molar-refractivity contribution in [3.05, 3.63) is 0 Å². The molecule has 0 bridgehead atoms. The summed E-state index contributed by atoms with van der Waals surface area (Å²) < 4.78 is 0. The van der Waals surface area contributed by atoms with Crippen LogP contribution in [0, 0.1) is 5.92 Å². The Bertz CT molecular complexity index is 113. The molecule has 1 N–H and O–H groups in total. The molecule has 80 valence electrons. The zero-order valence-electron chi connectivity index (χ0n) is 9.76. The van der Waals surface area contributed by atoms with E-state index in [4.69, 9.17) is 0 Å². The first-order chi connectivity index (χ1) is 6.07. The molecule has 0 aromatic heterocycles. The Morgan fingerprint density at radius 3 is 2.15 bits per heavy atom. The topological polar surface area (TPSA) is 12.0 Å². The third kappa shape index (κ3) is 7.39. The first-order valence-electron chi connectivity index (χ1n) is 5.42. The first kappa shape index (κ1) is 13.3. The lowest BCUT2D eigenvalue weighted by Crippen LogP contribution is -2.36. The Balaban J connectivity index is 3.67. The van der Waals surface area contributed by atoms with Crippen LogP contribution in [0.15, 0.2) is 0 Å². The van der Waals surface area contributed by atoms with Crippen molar-refractivity contribution >= 4 is 11.8 Å². The maximum atomic E-state index is 3.60. The molecule has 0 aliphatic rings. The fourth-order valence-corrected chi connectivity index (χ4v) is 2.21. The smallest absolute Gasteiger partial charge is 0.0181 e. The van der Waals surface area contributed by atoms with Gasteiger partial charge in [0, 0.05) is 11.8 Å². The van der Waals surface area contributed by atoms with Gasteiger partial charge in [0.15, 0.2) is 0 Å². The van der Waals surface area contributed by atoms with Crippen LogP contribution < -0.4 is 5.32 Å². The van der Waals surface area contributed by atoms with Gasteiger partial charge in [-0.05, 0) is 24.1 Å². The minimum Gasteiger partial charge on any atom is -0.313 e. The molecule has 1 unspecified atom stereocenters. The van der Waals surface area contributed by atoms with Crippen LogP contribution in [0.2, 0.25) is 0 Å². The molecule has 0 saturated carbocycles. The van der Waals surface area contributed by atoms with Crippen molar-refractivity contribution in [2.24, 2.45) is 5.92 Å². The lowest BCUT2D eigenvalue weighted by Gasteiger charge is -2.22. The molecular formula is C11H25NS. The zero-order valence-corrected chi connectivity index (χ0v) is 10.6. The van der Waals surface area contributed by atoms with Gasteiger partial charge < -0.3 is 5.32 Å². The van der Waals surface area contributed by atoms with E-state index >= 15 is 0 Å². The van der Waals surface area contributed by atoms with E-state index in [-0.39, 0.29) is 0 Å². The Hall–Kier alpha value is 0.310. The van der Waals surface area contributed by atoms with Crippen LogP contribution in [0.5, 0.6) is 0 Å². The van der Waals surface area contributed by atoms with E-state index in [2.05, 4.69) is 51.7 Å². The summed E-state index contributed by atoms with van der Waals surface area (Å²) in [6.45, 7) is 12.5. The van der Waals surface area contributed by atoms with E-state index in [0.717, 1.165) is 17.7 Å². The summed E-state index contributed by atoms with van der Waals surface area (Å²) in [5.41, 5.74) is 0. The Morgan fingerprint density at radius 2 is 1.77 bits per heavy atom. The van der Waals surface area contributed by atoms with Crippen molar-refractivity contribution in [3.8, 4) is 0 Å². The maximum absolute atomic E-state index is 3.60. The molecule has 0 aromatic rings. The van der Waals surface area contributed by atoms with Gasteiger partial charge in [0.1, 0.15) is 0 Å². The molecule has 0 radical (unpaired) electrons. The first-order valence-corrected chi connectivity index (χ1v) is 6.47. The second-order valence-corrected chi connectivity index (χ2v) is 5.80. The summed E-state index contributed by atoms with van der Waals surface area (Å²) in [6.07, 6.45) is 1.23. The summed E-state index contributed by atoms with van der Waals surface area (Å²) >= 11 is 2.06. The van der Waals surface area contributed by atoms with Gasteiger partial charge in [0.25, 0.3) is 0 Å². The van der Waals surface area contributed by atoms with E-state index in [9.17, 15) is 0 Å². The number of rotatable bonds is 7. The van der Waals surface area contributed by atoms with Crippen molar-refractivity contribution in [2.45, 2.75) is 52.3 Å². The quantitative estimate of drug-likeness (QED) is 0.682. The molecule has 0 fully saturated rings. The highest BCUT2D eigenvalue weighted by molar-refractivity contribution is 7.99. The standard InChI is InChI=1S/C11H25NS/c1-6-7-12-11(9(2)3)8-13-10(4)5/h9-12H,6-8H2,1-5H3. The van der Waals surface area contributed by atoms with Gasteiger partial charge in [-0.15, -0.1) is 0 Å². The summed E-state index contributed by atoms with van der Waals surface area (Å²) in [4.78, 5) is 0. The molecule has 0 aliphatic heterocycles. The number of hydrogen-bond donors (Lipinski definition) is 1. The summed E-state index contributed by atoms with van der Waals surface area (Å²) in [6, 6.07) is 0.687. The van der Waals surface area contributed by atoms with Crippen LogP contribution in [0.25, 0.3) is 0 Å². The molecule has 1 nitrogen and oxygen atoms in total. The highest BCUT2D eigenvalue weighted by atomic mass is 32.2. The normalized spacial score (nSPS) is 14.1. The van der Waals surface area contributed by atoms with Gasteiger partial charge in [-0.3, -0.25) is 0 Å². The lowest BCUT2D eigenvalue weighted by molar-refractivity contribution is 0.433. The van der Waals surface area contributed by atoms with Crippen LogP contribution in [0.3, 0.4) is 0 Å². The predicted molar refractivity (Wildman–Crippen MR) is 64.5 cm³/mol. The zero-order chi connectivity index (χ0) is 10.3. The van der Waals surface area contributed by atoms with E-state index in [1.165, 1.54) is 12.2 Å². The third-order valence-corrected chi connectivity index (χ3v) is 3.29. The Morgan fingerprint density at radius 1 is 1.15 bits per heavy atom. The summed E-state index contributed by atoms with van der Waals surface area (Å²) in [5, 5.41) is 4.36. The van der Waals surface area contributed by atoms with Gasteiger partial charge in [-0.25, -0.2) is 0 Å². The minimum atomic E-state index is 0.687. The van der Waals surface area contributed by atoms with E-state index < -0.39 is 0 Å². The largest absolute Gasteiger partial charge is 0.313 e. The SMILES string of the molecule is CCCNC(CSC(C)C)C(C)C. The average molecular weight is 203 g/mol. The molecule has 0 saturated heterocycles. The molecule has 0 spiro atoms. The monoisotopic (exact) mass is 203 g/mol. The predicted octanol–water partition coefficient (Wildman–Crippen LogP) is 3.15. The molecule has 0 heterocycles. The van der Waals surface area contributed by atoms with Gasteiger partial charge in [-0.1, -0.05) is 34.6 Å². The van der Waals surface area contributed by atoms with Crippen LogP contribution >= 0.6 is 11.8 Å². The van der Waals surface area contributed by atoms with Gasteiger partial charge in [0.2, 0.25) is 0 Å². The van der Waals surface area contributed by atoms with Gasteiger partial charge in [-0.2, -0.15) is 11.8 Å². The number of thioether (sulfide) groups is 1. The maximum Gasteiger partial charge on any atom is 0.0181 e. The minimum absolute atomic E-state index is 0.687. The third-order valence-electron chi connectivity index (χ3n) is 2.07. The molecule has 0 aromatic carbocycles. The Labute approximate surface area is 88.1 Å². The van der Waals surface area contributed by atoms with Crippen LogP contribution in [-0.2, 0) is 0 Å². The molecule has 0 rings (SSSR count). The van der Waals surface area contributed by atoms with Crippen molar-refractivity contribution in [2.75, 3.05) is 12.3 Å². The molecule has 1 atom stereocenters. The van der Waals surface area contributed by atoms with Crippen LogP contribution in [0.1, 0.15) is 41.0 Å². The van der Waals surface area contributed by atoms with Crippen molar-refractivity contribution in [1.82, 2.24) is 5.32 Å². The van der Waals surface area contributed by atoms with E-state index in [0.29, 0.717) is 6.04 Å². The summed E-state index contributed by atoms with van der Waals surface area (Å²) in [7, 11) is 0. The van der Waals surface area contributed by atoms with Gasteiger partial charge >= 0.3 is 0 Å². The average Bonchev–Trinajstić information content (AvgIpc) is 2.03. The molecular weight excluding hydrogens is 178 g/mol. The van der Waals surface area contributed by atoms with Crippen LogP contribution in [-0.4, -0.2) is 23.6 Å². The van der Waals surface area contributed by atoms with E-state index in [1.807, 2.05) is 0 Å². The van der Waals surface area contributed by atoms with Crippen molar-refractivity contribution in [3.63, 3.8) is 0 Å².